The second-order valence-corrected chi connectivity index (χ2v) is 10.6. The van der Waals surface area contributed by atoms with E-state index in [1.165, 1.54) is 21.9 Å². The van der Waals surface area contributed by atoms with Crippen LogP contribution in [-0.4, -0.2) is 12.6 Å². The molecular formula is C29H25FNO3S+. The van der Waals surface area contributed by atoms with Crippen LogP contribution in [0.3, 0.4) is 0 Å². The summed E-state index contributed by atoms with van der Waals surface area (Å²) in [5, 5.41) is 3.53. The fourth-order valence-electron chi connectivity index (χ4n) is 4.06. The van der Waals surface area contributed by atoms with Gasteiger partial charge in [0.25, 0.3) is 0 Å². The number of hydrogen-bond acceptors (Lipinski definition) is 4. The minimum absolute atomic E-state index is 0.237. The third kappa shape index (κ3) is 4.88. The third-order valence-corrected chi connectivity index (χ3v) is 8.12. The topological polar surface area (TPSA) is 47.6 Å². The van der Waals surface area contributed by atoms with Crippen molar-refractivity contribution < 1.29 is 18.7 Å². The number of nitrogens with one attached hydrogen (secondary N) is 1. The maximum Gasteiger partial charge on any atom is 0.345 e. The minimum atomic E-state index is -0.969. The fourth-order valence-corrected chi connectivity index (χ4v) is 6.32. The Hall–Kier alpha value is -3.77. The molecule has 0 aliphatic carbocycles. The number of fused-ring (bicyclic) bond motifs is 2. The monoisotopic (exact) mass is 486 g/mol. The third-order valence-electron chi connectivity index (χ3n) is 5.79. The second-order valence-electron chi connectivity index (χ2n) is 8.68. The summed E-state index contributed by atoms with van der Waals surface area (Å²) in [5.74, 6) is -0.316. The molecule has 6 heteroatoms. The molecule has 1 aliphatic rings. The van der Waals surface area contributed by atoms with Gasteiger partial charge in [-0.2, -0.15) is 0 Å². The molecule has 0 unspecified atom stereocenters. The molecule has 4 aromatic carbocycles. The first-order valence-corrected chi connectivity index (χ1v) is 12.5. The van der Waals surface area contributed by atoms with Gasteiger partial charge in [-0.1, -0.05) is 36.4 Å². The predicted molar refractivity (Wildman–Crippen MR) is 136 cm³/mol. The molecule has 1 heterocycles. The van der Waals surface area contributed by atoms with Gasteiger partial charge in [0.1, 0.15) is 28.1 Å². The SMILES string of the molecule is CC(C)(OC(=O)COc1ccc([S+]2c3ccccc3Nc3ccccc32)cc1)c1cccc(F)c1. The number of rotatable bonds is 6. The number of carbonyl (C=O) groups excluding carboxylic acids is 1. The Balaban J connectivity index is 1.29. The molecule has 0 atom stereocenters. The number of ether oxygens (including phenoxy) is 2. The van der Waals surface area contributed by atoms with Crippen molar-refractivity contribution in [1.29, 1.82) is 0 Å². The van der Waals surface area contributed by atoms with Crippen LogP contribution in [0.1, 0.15) is 19.4 Å². The van der Waals surface area contributed by atoms with Gasteiger partial charge in [-0.05, 0) is 80.1 Å². The highest BCUT2D eigenvalue weighted by molar-refractivity contribution is 7.97. The van der Waals surface area contributed by atoms with Gasteiger partial charge in [-0.15, -0.1) is 0 Å². The molecular weight excluding hydrogens is 461 g/mol. The zero-order chi connectivity index (χ0) is 24.4. The molecule has 5 rings (SSSR count). The quantitative estimate of drug-likeness (QED) is 0.211. The summed E-state index contributed by atoms with van der Waals surface area (Å²) >= 11 is 0. The number of anilines is 2. The van der Waals surface area contributed by atoms with Gasteiger partial charge in [0.15, 0.2) is 21.3 Å². The van der Waals surface area contributed by atoms with Crippen LogP contribution in [-0.2, 0) is 26.0 Å². The zero-order valence-corrected chi connectivity index (χ0v) is 20.3. The van der Waals surface area contributed by atoms with E-state index >= 15 is 0 Å². The molecule has 0 aromatic heterocycles. The lowest BCUT2D eigenvalue weighted by Crippen LogP contribution is -2.28. The number of carbonyl (C=O) groups is 1. The van der Waals surface area contributed by atoms with E-state index in [0.29, 0.717) is 11.3 Å². The van der Waals surface area contributed by atoms with Gasteiger partial charge in [0.05, 0.1) is 11.4 Å². The lowest BCUT2D eigenvalue weighted by molar-refractivity contribution is -0.159. The molecule has 0 bridgehead atoms. The molecule has 0 saturated carbocycles. The number of para-hydroxylation sites is 2. The first kappa shape index (κ1) is 23.0. The standard InChI is InChI=1S/C29H25FNO3S/c1-29(2,20-8-7-9-21(30)18-20)34-28(32)19-33-22-14-16-23(17-15-22)35-26-12-5-3-10-24(26)31-25-11-4-6-13-27(25)35/h3-18,31H,19H2,1-2H3/q+1. The van der Waals surface area contributed by atoms with Crippen LogP contribution in [0.25, 0.3) is 0 Å². The van der Waals surface area contributed by atoms with Crippen LogP contribution in [0.5, 0.6) is 5.75 Å². The highest BCUT2D eigenvalue weighted by Gasteiger charge is 2.37. The summed E-state index contributed by atoms with van der Waals surface area (Å²) in [6.07, 6.45) is 0. The summed E-state index contributed by atoms with van der Waals surface area (Å²) < 4.78 is 24.8. The van der Waals surface area contributed by atoms with E-state index in [-0.39, 0.29) is 23.3 Å². The molecule has 4 nitrogen and oxygen atoms in total. The predicted octanol–water partition coefficient (Wildman–Crippen LogP) is 6.84. The van der Waals surface area contributed by atoms with Crippen molar-refractivity contribution in [2.24, 2.45) is 0 Å². The largest absolute Gasteiger partial charge is 0.482 e. The minimum Gasteiger partial charge on any atom is -0.482 e. The van der Waals surface area contributed by atoms with E-state index in [1.54, 1.807) is 26.0 Å². The van der Waals surface area contributed by atoms with E-state index in [1.807, 2.05) is 36.4 Å². The van der Waals surface area contributed by atoms with E-state index in [4.69, 9.17) is 9.47 Å². The fraction of sp³-hybridized carbons (Fsp3) is 0.138. The van der Waals surface area contributed by atoms with Crippen LogP contribution in [0.4, 0.5) is 15.8 Å². The van der Waals surface area contributed by atoms with Crippen molar-refractivity contribution in [2.45, 2.75) is 34.1 Å². The van der Waals surface area contributed by atoms with Crippen LogP contribution >= 0.6 is 0 Å². The van der Waals surface area contributed by atoms with E-state index in [9.17, 15) is 9.18 Å². The molecule has 176 valence electrons. The maximum absolute atomic E-state index is 13.6. The van der Waals surface area contributed by atoms with Crippen LogP contribution in [0, 0.1) is 5.82 Å². The van der Waals surface area contributed by atoms with Crippen molar-refractivity contribution in [1.82, 2.24) is 0 Å². The second kappa shape index (κ2) is 9.47. The van der Waals surface area contributed by atoms with Gasteiger partial charge in [-0.25, -0.2) is 9.18 Å². The summed E-state index contributed by atoms with van der Waals surface area (Å²) in [6.45, 7) is 3.22. The summed E-state index contributed by atoms with van der Waals surface area (Å²) in [7, 11) is -0.256. The molecule has 1 N–H and O–H groups in total. The normalized spacial score (nSPS) is 12.8. The van der Waals surface area contributed by atoms with Gasteiger partial charge >= 0.3 is 5.97 Å². The maximum atomic E-state index is 13.6. The van der Waals surface area contributed by atoms with Gasteiger partial charge in [0, 0.05) is 0 Å². The van der Waals surface area contributed by atoms with E-state index in [0.717, 1.165) is 16.3 Å². The Morgan fingerprint density at radius 2 is 1.49 bits per heavy atom. The highest BCUT2D eigenvalue weighted by Crippen LogP contribution is 2.44. The average molecular weight is 487 g/mol. The van der Waals surface area contributed by atoms with Crippen molar-refractivity contribution in [2.75, 3.05) is 11.9 Å². The summed E-state index contributed by atoms with van der Waals surface area (Å²) in [5.41, 5.74) is 1.83. The molecule has 0 saturated heterocycles. The molecule has 1 aliphatic heterocycles. The Morgan fingerprint density at radius 1 is 0.857 bits per heavy atom. The Labute approximate surface area is 207 Å². The summed E-state index contributed by atoms with van der Waals surface area (Å²) in [6, 6.07) is 30.6. The molecule has 0 spiro atoms. The van der Waals surface area contributed by atoms with Crippen molar-refractivity contribution in [3.05, 3.63) is 108 Å². The van der Waals surface area contributed by atoms with Crippen molar-refractivity contribution in [3.63, 3.8) is 0 Å². The zero-order valence-electron chi connectivity index (χ0n) is 19.5. The molecule has 0 amide bonds. The van der Waals surface area contributed by atoms with Crippen LogP contribution in [0.2, 0.25) is 0 Å². The Kier molecular flexibility index (Phi) is 6.22. The number of benzene rings is 4. The first-order chi connectivity index (χ1) is 16.9. The van der Waals surface area contributed by atoms with Crippen LogP contribution in [0.15, 0.2) is 112 Å². The molecule has 35 heavy (non-hydrogen) atoms. The van der Waals surface area contributed by atoms with Gasteiger partial charge in [-0.3, -0.25) is 0 Å². The number of halogens is 1. The van der Waals surface area contributed by atoms with Crippen molar-refractivity contribution >= 4 is 28.2 Å². The van der Waals surface area contributed by atoms with Gasteiger partial charge in [0.2, 0.25) is 0 Å². The van der Waals surface area contributed by atoms with Gasteiger partial charge < -0.3 is 14.8 Å². The highest BCUT2D eigenvalue weighted by atomic mass is 32.2. The lowest BCUT2D eigenvalue weighted by atomic mass is 9.98. The lowest BCUT2D eigenvalue weighted by Gasteiger charge is -2.25. The summed E-state index contributed by atoms with van der Waals surface area (Å²) in [4.78, 5) is 16.1. The number of hydrogen-bond donors (Lipinski definition) is 1. The van der Waals surface area contributed by atoms with Crippen molar-refractivity contribution in [3.8, 4) is 5.75 Å². The average Bonchev–Trinajstić information content (AvgIpc) is 2.86. The molecule has 0 fully saturated rings. The molecule has 0 radical (unpaired) electrons. The van der Waals surface area contributed by atoms with E-state index < -0.39 is 11.6 Å². The Morgan fingerprint density at radius 3 is 2.11 bits per heavy atom. The van der Waals surface area contributed by atoms with E-state index in [2.05, 4.69) is 41.7 Å². The van der Waals surface area contributed by atoms with Crippen LogP contribution < -0.4 is 10.1 Å². The first-order valence-electron chi connectivity index (χ1n) is 11.3. The smallest absolute Gasteiger partial charge is 0.345 e. The Bertz CT molecular complexity index is 1320. The molecule has 4 aromatic rings. The number of esters is 1.